The highest BCUT2D eigenvalue weighted by Crippen LogP contribution is 2.30. The van der Waals surface area contributed by atoms with E-state index in [1.165, 1.54) is 16.7 Å². The minimum Gasteiger partial charge on any atom is -0.508 e. The van der Waals surface area contributed by atoms with Crippen molar-refractivity contribution in [2.24, 2.45) is 0 Å². The van der Waals surface area contributed by atoms with Crippen molar-refractivity contribution >= 4 is 0 Å². The molecule has 0 radical (unpaired) electrons. The number of benzene rings is 2. The highest BCUT2D eigenvalue weighted by atomic mass is 16.3. The average molecular weight is 212 g/mol. The molecule has 1 nitrogen and oxygen atoms in total. The lowest BCUT2D eigenvalue weighted by Gasteiger charge is -2.11. The van der Waals surface area contributed by atoms with E-state index in [0.717, 1.165) is 11.1 Å². The maximum absolute atomic E-state index is 9.51. The van der Waals surface area contributed by atoms with Crippen molar-refractivity contribution in [3.8, 4) is 16.9 Å². The van der Waals surface area contributed by atoms with Gasteiger partial charge in [0.2, 0.25) is 0 Å². The summed E-state index contributed by atoms with van der Waals surface area (Å²) >= 11 is 0. The zero-order chi connectivity index (χ0) is 11.7. The predicted molar refractivity (Wildman–Crippen MR) is 67.8 cm³/mol. The van der Waals surface area contributed by atoms with Gasteiger partial charge in [-0.3, -0.25) is 0 Å². The number of rotatable bonds is 1. The van der Waals surface area contributed by atoms with E-state index in [2.05, 4.69) is 31.2 Å². The second-order valence-corrected chi connectivity index (χ2v) is 4.32. The maximum atomic E-state index is 9.51. The van der Waals surface area contributed by atoms with E-state index in [4.69, 9.17) is 0 Å². The summed E-state index contributed by atoms with van der Waals surface area (Å²) in [5.74, 6) is 0.339. The molecule has 0 aliphatic carbocycles. The standard InChI is InChI=1S/C15H16O/c1-10-4-6-13(7-5-10)15-11(2)8-14(16)9-12(15)3/h4-9,16H,1-3H3. The topological polar surface area (TPSA) is 20.2 Å². The smallest absolute Gasteiger partial charge is 0.116 e. The number of phenolic OH excluding ortho intramolecular Hbond substituents is 1. The molecule has 0 aromatic heterocycles. The first-order valence-corrected chi connectivity index (χ1v) is 5.45. The van der Waals surface area contributed by atoms with E-state index in [1.807, 2.05) is 26.0 Å². The Morgan fingerprint density at radius 1 is 0.812 bits per heavy atom. The summed E-state index contributed by atoms with van der Waals surface area (Å²) < 4.78 is 0. The highest BCUT2D eigenvalue weighted by Gasteiger charge is 2.06. The Morgan fingerprint density at radius 2 is 1.31 bits per heavy atom. The van der Waals surface area contributed by atoms with Crippen LogP contribution >= 0.6 is 0 Å². The fourth-order valence-corrected chi connectivity index (χ4v) is 2.12. The van der Waals surface area contributed by atoms with Gasteiger partial charge in [0.05, 0.1) is 0 Å². The Balaban J connectivity index is 2.60. The molecule has 1 heteroatoms. The van der Waals surface area contributed by atoms with E-state index < -0.39 is 0 Å². The quantitative estimate of drug-likeness (QED) is 0.758. The van der Waals surface area contributed by atoms with Gasteiger partial charge in [-0.05, 0) is 55.2 Å². The van der Waals surface area contributed by atoms with Crippen LogP contribution in [0.1, 0.15) is 16.7 Å². The molecule has 0 aliphatic rings. The molecule has 0 spiro atoms. The predicted octanol–water partition coefficient (Wildman–Crippen LogP) is 3.98. The van der Waals surface area contributed by atoms with Crippen LogP contribution < -0.4 is 0 Å². The van der Waals surface area contributed by atoms with Crippen LogP contribution in [0.4, 0.5) is 0 Å². The second-order valence-electron chi connectivity index (χ2n) is 4.32. The Morgan fingerprint density at radius 3 is 1.81 bits per heavy atom. The van der Waals surface area contributed by atoms with Crippen LogP contribution in [-0.4, -0.2) is 5.11 Å². The molecule has 0 unspecified atom stereocenters. The lowest BCUT2D eigenvalue weighted by Crippen LogP contribution is -1.88. The largest absolute Gasteiger partial charge is 0.508 e. The molecule has 0 fully saturated rings. The van der Waals surface area contributed by atoms with E-state index in [1.54, 1.807) is 0 Å². The van der Waals surface area contributed by atoms with Crippen molar-refractivity contribution in [3.05, 3.63) is 53.1 Å². The summed E-state index contributed by atoms with van der Waals surface area (Å²) in [7, 11) is 0. The zero-order valence-corrected chi connectivity index (χ0v) is 9.91. The van der Waals surface area contributed by atoms with Gasteiger partial charge in [-0.15, -0.1) is 0 Å². The summed E-state index contributed by atoms with van der Waals surface area (Å²) in [6.45, 7) is 6.14. The van der Waals surface area contributed by atoms with Crippen LogP contribution in [0, 0.1) is 20.8 Å². The number of hydrogen-bond acceptors (Lipinski definition) is 1. The number of aromatic hydroxyl groups is 1. The van der Waals surface area contributed by atoms with Gasteiger partial charge in [0.1, 0.15) is 5.75 Å². The average Bonchev–Trinajstić information content (AvgIpc) is 2.19. The number of phenols is 1. The SMILES string of the molecule is Cc1ccc(-c2c(C)cc(O)cc2C)cc1. The van der Waals surface area contributed by atoms with Crippen molar-refractivity contribution in [3.63, 3.8) is 0 Å². The van der Waals surface area contributed by atoms with Gasteiger partial charge in [-0.1, -0.05) is 29.8 Å². The molecule has 0 bridgehead atoms. The third-order valence-electron chi connectivity index (χ3n) is 2.86. The van der Waals surface area contributed by atoms with Gasteiger partial charge in [0.15, 0.2) is 0 Å². The summed E-state index contributed by atoms with van der Waals surface area (Å²) in [6.07, 6.45) is 0. The normalized spacial score (nSPS) is 10.4. The molecule has 0 amide bonds. The first-order chi connectivity index (χ1) is 7.58. The summed E-state index contributed by atoms with van der Waals surface area (Å²) in [6, 6.07) is 12.1. The van der Waals surface area contributed by atoms with E-state index in [9.17, 15) is 5.11 Å². The first kappa shape index (κ1) is 10.7. The summed E-state index contributed by atoms with van der Waals surface area (Å²) in [5.41, 5.74) is 5.92. The molecule has 2 rings (SSSR count). The minimum atomic E-state index is 0.339. The molecule has 2 aromatic carbocycles. The Kier molecular flexibility index (Phi) is 2.69. The molecule has 0 atom stereocenters. The summed E-state index contributed by atoms with van der Waals surface area (Å²) in [4.78, 5) is 0. The Bertz CT molecular complexity index is 486. The fourth-order valence-electron chi connectivity index (χ4n) is 2.12. The van der Waals surface area contributed by atoms with Crippen molar-refractivity contribution in [2.75, 3.05) is 0 Å². The van der Waals surface area contributed by atoms with E-state index in [0.29, 0.717) is 5.75 Å². The highest BCUT2D eigenvalue weighted by molar-refractivity contribution is 5.71. The molecule has 0 heterocycles. The van der Waals surface area contributed by atoms with Crippen LogP contribution in [0.25, 0.3) is 11.1 Å². The van der Waals surface area contributed by atoms with Crippen molar-refractivity contribution in [1.82, 2.24) is 0 Å². The molecule has 82 valence electrons. The number of hydrogen-bond donors (Lipinski definition) is 1. The molecular weight excluding hydrogens is 196 g/mol. The molecule has 1 N–H and O–H groups in total. The van der Waals surface area contributed by atoms with Gasteiger partial charge < -0.3 is 5.11 Å². The molecule has 16 heavy (non-hydrogen) atoms. The minimum absolute atomic E-state index is 0.339. The second kappa shape index (κ2) is 4.01. The first-order valence-electron chi connectivity index (χ1n) is 5.45. The Hall–Kier alpha value is -1.76. The molecule has 0 aliphatic heterocycles. The molecular formula is C15H16O. The van der Waals surface area contributed by atoms with E-state index >= 15 is 0 Å². The third-order valence-corrected chi connectivity index (χ3v) is 2.86. The van der Waals surface area contributed by atoms with Crippen molar-refractivity contribution in [2.45, 2.75) is 20.8 Å². The van der Waals surface area contributed by atoms with Gasteiger partial charge in [0.25, 0.3) is 0 Å². The molecule has 0 saturated heterocycles. The van der Waals surface area contributed by atoms with Crippen LogP contribution in [-0.2, 0) is 0 Å². The zero-order valence-electron chi connectivity index (χ0n) is 9.91. The van der Waals surface area contributed by atoms with Crippen LogP contribution in [0.3, 0.4) is 0 Å². The van der Waals surface area contributed by atoms with Crippen molar-refractivity contribution in [1.29, 1.82) is 0 Å². The molecule has 0 saturated carbocycles. The van der Waals surface area contributed by atoms with Crippen LogP contribution in [0.5, 0.6) is 5.75 Å². The van der Waals surface area contributed by atoms with E-state index in [-0.39, 0.29) is 0 Å². The lowest BCUT2D eigenvalue weighted by molar-refractivity contribution is 0.474. The van der Waals surface area contributed by atoms with Gasteiger partial charge in [-0.2, -0.15) is 0 Å². The van der Waals surface area contributed by atoms with Crippen molar-refractivity contribution < 1.29 is 5.11 Å². The monoisotopic (exact) mass is 212 g/mol. The van der Waals surface area contributed by atoms with Crippen LogP contribution in [0.15, 0.2) is 36.4 Å². The summed E-state index contributed by atoms with van der Waals surface area (Å²) in [5, 5.41) is 9.51. The fraction of sp³-hybridized carbons (Fsp3) is 0.200. The Labute approximate surface area is 96.4 Å². The van der Waals surface area contributed by atoms with Gasteiger partial charge in [0, 0.05) is 0 Å². The molecule has 2 aromatic rings. The third kappa shape index (κ3) is 1.94. The van der Waals surface area contributed by atoms with Gasteiger partial charge >= 0.3 is 0 Å². The van der Waals surface area contributed by atoms with Crippen LogP contribution in [0.2, 0.25) is 0 Å². The maximum Gasteiger partial charge on any atom is 0.116 e. The number of aryl methyl sites for hydroxylation is 3. The van der Waals surface area contributed by atoms with Gasteiger partial charge in [-0.25, -0.2) is 0 Å². The lowest BCUT2D eigenvalue weighted by atomic mass is 9.95.